The number of hydrogen-bond acceptors (Lipinski definition) is 2. The zero-order chi connectivity index (χ0) is 12.8. The van der Waals surface area contributed by atoms with E-state index in [-0.39, 0.29) is 11.9 Å². The summed E-state index contributed by atoms with van der Waals surface area (Å²) in [5.41, 5.74) is 1.77. The third kappa shape index (κ3) is 1.67. The molecule has 0 amide bonds. The quantitative estimate of drug-likeness (QED) is 0.603. The first kappa shape index (κ1) is 11.8. The molecule has 0 bridgehead atoms. The van der Waals surface area contributed by atoms with E-state index in [2.05, 4.69) is 6.58 Å². The summed E-state index contributed by atoms with van der Waals surface area (Å²) < 4.78 is 5.26. The third-order valence-corrected chi connectivity index (χ3v) is 4.54. The van der Waals surface area contributed by atoms with Gasteiger partial charge in [0.2, 0.25) is 0 Å². The first-order chi connectivity index (χ1) is 8.62. The van der Waals surface area contributed by atoms with Crippen molar-refractivity contribution in [3.63, 3.8) is 0 Å². The summed E-state index contributed by atoms with van der Waals surface area (Å²) in [6.45, 7) is 4.57. The number of rotatable bonds is 2. The van der Waals surface area contributed by atoms with Crippen molar-refractivity contribution < 1.29 is 9.53 Å². The zero-order valence-electron chi connectivity index (χ0n) is 10.1. The second-order valence-corrected chi connectivity index (χ2v) is 5.76. The highest BCUT2D eigenvalue weighted by molar-refractivity contribution is 6.31. The van der Waals surface area contributed by atoms with Crippen molar-refractivity contribution in [1.82, 2.24) is 0 Å². The van der Waals surface area contributed by atoms with Gasteiger partial charge in [-0.05, 0) is 30.9 Å². The van der Waals surface area contributed by atoms with Crippen LogP contribution in [-0.4, -0.2) is 12.6 Å². The summed E-state index contributed by atoms with van der Waals surface area (Å²) in [5.74, 6) is 0.194. The Morgan fingerprint density at radius 3 is 3.00 bits per heavy atom. The fourth-order valence-corrected chi connectivity index (χ4v) is 3.45. The average molecular weight is 263 g/mol. The number of ether oxygens (including phenoxy) is 1. The minimum atomic E-state index is -0.415. The van der Waals surface area contributed by atoms with Gasteiger partial charge in [-0.25, -0.2) is 0 Å². The molecule has 1 aromatic rings. The van der Waals surface area contributed by atoms with Crippen molar-refractivity contribution in [3.8, 4) is 0 Å². The van der Waals surface area contributed by atoms with Crippen molar-refractivity contribution in [2.45, 2.75) is 19.3 Å². The Kier molecular flexibility index (Phi) is 2.70. The molecule has 3 heteroatoms. The van der Waals surface area contributed by atoms with Crippen LogP contribution in [0.4, 0.5) is 0 Å². The second kappa shape index (κ2) is 4.13. The monoisotopic (exact) mass is 262 g/mol. The van der Waals surface area contributed by atoms with E-state index in [1.165, 1.54) is 0 Å². The van der Waals surface area contributed by atoms with Gasteiger partial charge in [-0.2, -0.15) is 0 Å². The summed E-state index contributed by atoms with van der Waals surface area (Å²) in [5, 5.41) is 0.725. The molecule has 3 rings (SSSR count). The van der Waals surface area contributed by atoms with Gasteiger partial charge in [-0.3, -0.25) is 4.79 Å². The van der Waals surface area contributed by atoms with Gasteiger partial charge in [-0.1, -0.05) is 42.0 Å². The van der Waals surface area contributed by atoms with Gasteiger partial charge in [0, 0.05) is 10.9 Å². The minimum Gasteiger partial charge on any atom is -0.465 e. The molecule has 0 N–H and O–H groups in total. The lowest BCUT2D eigenvalue weighted by Crippen LogP contribution is -2.31. The molecule has 1 heterocycles. The molecule has 0 spiro atoms. The lowest BCUT2D eigenvalue weighted by atomic mass is 9.75. The van der Waals surface area contributed by atoms with E-state index in [9.17, 15) is 4.79 Å². The second-order valence-electron chi connectivity index (χ2n) is 5.35. The van der Waals surface area contributed by atoms with Gasteiger partial charge >= 0.3 is 5.97 Å². The van der Waals surface area contributed by atoms with Crippen molar-refractivity contribution in [1.29, 1.82) is 0 Å². The summed E-state index contributed by atoms with van der Waals surface area (Å²) in [6, 6.07) is 7.71. The first-order valence-electron chi connectivity index (χ1n) is 6.19. The lowest BCUT2D eigenvalue weighted by Gasteiger charge is -2.24. The summed E-state index contributed by atoms with van der Waals surface area (Å²) in [7, 11) is 0. The van der Waals surface area contributed by atoms with Gasteiger partial charge in [-0.15, -0.1) is 0 Å². The van der Waals surface area contributed by atoms with E-state index >= 15 is 0 Å². The fourth-order valence-electron chi connectivity index (χ4n) is 3.24. The van der Waals surface area contributed by atoms with Crippen LogP contribution in [0.15, 0.2) is 36.4 Å². The molecule has 1 aliphatic carbocycles. The zero-order valence-corrected chi connectivity index (χ0v) is 10.9. The number of halogens is 1. The summed E-state index contributed by atoms with van der Waals surface area (Å²) >= 11 is 6.20. The molecule has 0 aromatic heterocycles. The highest BCUT2D eigenvalue weighted by atomic mass is 35.5. The third-order valence-electron chi connectivity index (χ3n) is 4.17. The molecule has 1 saturated heterocycles. The number of fused-ring (bicyclic) bond motifs is 1. The van der Waals surface area contributed by atoms with E-state index in [1.54, 1.807) is 0 Å². The molecule has 1 saturated carbocycles. The first-order valence-corrected chi connectivity index (χ1v) is 6.57. The molecule has 1 aromatic carbocycles. The predicted octanol–water partition coefficient (Wildman–Crippen LogP) is 3.39. The Hall–Kier alpha value is -1.28. The molecule has 1 aliphatic heterocycles. The number of cyclic esters (lactones) is 1. The van der Waals surface area contributed by atoms with Crippen LogP contribution in [0.25, 0.3) is 0 Å². The number of esters is 1. The molecule has 2 fully saturated rings. The molecule has 94 valence electrons. The highest BCUT2D eigenvalue weighted by Crippen LogP contribution is 2.52. The van der Waals surface area contributed by atoms with Crippen LogP contribution in [0.2, 0.25) is 5.02 Å². The molecular formula is C15H15ClO2. The van der Waals surface area contributed by atoms with Gasteiger partial charge in [0.25, 0.3) is 0 Å². The summed E-state index contributed by atoms with van der Waals surface area (Å²) in [6.07, 6.45) is 2.30. The Balaban J connectivity index is 1.97. The minimum absolute atomic E-state index is 0.0777. The van der Waals surface area contributed by atoms with E-state index < -0.39 is 5.41 Å². The van der Waals surface area contributed by atoms with Crippen LogP contribution < -0.4 is 0 Å². The average Bonchev–Trinajstić information content (AvgIpc) is 2.79. The standard InChI is InChI=1S/C15H15ClO2/c1-10-6-12-9-18-14(17)15(12,7-10)8-11-4-2-3-5-13(11)16/h2-5,12H,1,6-9H2. The number of hydrogen-bond donors (Lipinski definition) is 0. The fraction of sp³-hybridized carbons (Fsp3) is 0.400. The Labute approximate surface area is 112 Å². The maximum absolute atomic E-state index is 12.1. The predicted molar refractivity (Wildman–Crippen MR) is 70.4 cm³/mol. The normalized spacial score (nSPS) is 30.4. The van der Waals surface area contributed by atoms with E-state index in [0.717, 1.165) is 29.0 Å². The van der Waals surface area contributed by atoms with Crippen LogP contribution in [0.5, 0.6) is 0 Å². The maximum Gasteiger partial charge on any atom is 0.313 e. The molecule has 2 unspecified atom stereocenters. The summed E-state index contributed by atoms with van der Waals surface area (Å²) in [4.78, 5) is 12.1. The highest BCUT2D eigenvalue weighted by Gasteiger charge is 2.56. The topological polar surface area (TPSA) is 26.3 Å². The molecule has 2 aliphatic rings. The number of benzene rings is 1. The van der Waals surface area contributed by atoms with Crippen molar-refractivity contribution >= 4 is 17.6 Å². The van der Waals surface area contributed by atoms with Gasteiger partial charge < -0.3 is 4.74 Å². The van der Waals surface area contributed by atoms with Crippen LogP contribution in [0.3, 0.4) is 0 Å². The number of allylic oxidation sites excluding steroid dienone is 1. The van der Waals surface area contributed by atoms with Crippen molar-refractivity contribution in [3.05, 3.63) is 47.0 Å². The van der Waals surface area contributed by atoms with Crippen molar-refractivity contribution in [2.75, 3.05) is 6.61 Å². The molecule has 18 heavy (non-hydrogen) atoms. The molecule has 0 radical (unpaired) electrons. The van der Waals surface area contributed by atoms with E-state index in [0.29, 0.717) is 13.0 Å². The Morgan fingerprint density at radius 1 is 1.44 bits per heavy atom. The van der Waals surface area contributed by atoms with Gasteiger partial charge in [0.1, 0.15) is 0 Å². The van der Waals surface area contributed by atoms with Crippen LogP contribution in [0, 0.1) is 11.3 Å². The SMILES string of the molecule is C=C1CC2COC(=O)C2(Cc2ccccc2Cl)C1. The molecular weight excluding hydrogens is 248 g/mol. The van der Waals surface area contributed by atoms with E-state index in [4.69, 9.17) is 16.3 Å². The number of carbonyl (C=O) groups excluding carboxylic acids is 1. The van der Waals surface area contributed by atoms with Crippen molar-refractivity contribution in [2.24, 2.45) is 11.3 Å². The van der Waals surface area contributed by atoms with Crippen LogP contribution >= 0.6 is 11.6 Å². The molecule has 2 atom stereocenters. The Bertz CT molecular complexity index is 523. The van der Waals surface area contributed by atoms with Gasteiger partial charge in [0.15, 0.2) is 0 Å². The lowest BCUT2D eigenvalue weighted by molar-refractivity contribution is -0.146. The van der Waals surface area contributed by atoms with Crippen LogP contribution in [0.1, 0.15) is 18.4 Å². The smallest absolute Gasteiger partial charge is 0.313 e. The van der Waals surface area contributed by atoms with Crippen LogP contribution in [-0.2, 0) is 16.0 Å². The van der Waals surface area contributed by atoms with Gasteiger partial charge in [0.05, 0.1) is 12.0 Å². The number of carbonyl (C=O) groups is 1. The Morgan fingerprint density at radius 2 is 2.22 bits per heavy atom. The molecule has 2 nitrogen and oxygen atoms in total. The van der Waals surface area contributed by atoms with E-state index in [1.807, 2.05) is 24.3 Å². The maximum atomic E-state index is 12.1. The largest absolute Gasteiger partial charge is 0.465 e.